The van der Waals surface area contributed by atoms with Crippen molar-refractivity contribution in [3.63, 3.8) is 0 Å². The van der Waals surface area contributed by atoms with Crippen LogP contribution in [0.25, 0.3) is 5.70 Å². The van der Waals surface area contributed by atoms with Crippen molar-refractivity contribution in [3.8, 4) is 6.07 Å². The number of likely N-dealkylation sites (tertiary alicyclic amines) is 1. The van der Waals surface area contributed by atoms with E-state index in [0.29, 0.717) is 22.2 Å². The van der Waals surface area contributed by atoms with E-state index in [9.17, 15) is 4.79 Å². The molecule has 148 valence electrons. The van der Waals surface area contributed by atoms with Crippen LogP contribution < -0.4 is 10.6 Å². The van der Waals surface area contributed by atoms with Crippen LogP contribution in [-0.2, 0) is 0 Å². The SMILES string of the molecule is CC1NC(Cl)=C(c2cccc(C(=O)N3CCC(c4ccc(C#N)cc4)CC3)c2)N1. The molecule has 5 nitrogen and oxygen atoms in total. The lowest BCUT2D eigenvalue weighted by Crippen LogP contribution is -2.38. The van der Waals surface area contributed by atoms with Gasteiger partial charge in [0.1, 0.15) is 5.16 Å². The second-order valence-electron chi connectivity index (χ2n) is 7.58. The van der Waals surface area contributed by atoms with E-state index >= 15 is 0 Å². The van der Waals surface area contributed by atoms with Gasteiger partial charge in [-0.25, -0.2) is 0 Å². The summed E-state index contributed by atoms with van der Waals surface area (Å²) in [5.41, 5.74) is 4.34. The minimum Gasteiger partial charge on any atom is -0.363 e. The van der Waals surface area contributed by atoms with Crippen molar-refractivity contribution in [2.45, 2.75) is 31.8 Å². The first kappa shape index (κ1) is 19.4. The molecule has 1 saturated heterocycles. The molecule has 0 aliphatic carbocycles. The summed E-state index contributed by atoms with van der Waals surface area (Å²) in [6.45, 7) is 3.45. The zero-order valence-electron chi connectivity index (χ0n) is 16.3. The van der Waals surface area contributed by atoms with Gasteiger partial charge >= 0.3 is 0 Å². The summed E-state index contributed by atoms with van der Waals surface area (Å²) in [7, 11) is 0. The number of benzene rings is 2. The van der Waals surface area contributed by atoms with E-state index in [0.717, 1.165) is 37.2 Å². The van der Waals surface area contributed by atoms with Crippen molar-refractivity contribution in [2.75, 3.05) is 13.1 Å². The topological polar surface area (TPSA) is 68.2 Å². The van der Waals surface area contributed by atoms with E-state index in [-0.39, 0.29) is 12.1 Å². The summed E-state index contributed by atoms with van der Waals surface area (Å²) in [5.74, 6) is 0.484. The molecule has 2 aromatic carbocycles. The van der Waals surface area contributed by atoms with Crippen LogP contribution in [-0.4, -0.2) is 30.1 Å². The Labute approximate surface area is 176 Å². The van der Waals surface area contributed by atoms with Crippen LogP contribution in [0.3, 0.4) is 0 Å². The van der Waals surface area contributed by atoms with Crippen LogP contribution in [0.1, 0.15) is 52.7 Å². The fraction of sp³-hybridized carbons (Fsp3) is 0.304. The third-order valence-corrected chi connectivity index (χ3v) is 5.91. The molecular formula is C23H23ClN4O. The minimum atomic E-state index is 0.0563. The van der Waals surface area contributed by atoms with E-state index < -0.39 is 0 Å². The Kier molecular flexibility index (Phi) is 5.46. The molecule has 2 heterocycles. The number of hydrogen-bond acceptors (Lipinski definition) is 4. The minimum absolute atomic E-state index is 0.0563. The van der Waals surface area contributed by atoms with Crippen molar-refractivity contribution in [3.05, 3.63) is 75.9 Å². The molecule has 1 atom stereocenters. The second-order valence-corrected chi connectivity index (χ2v) is 7.96. The Bertz CT molecular complexity index is 985. The molecule has 2 aromatic rings. The Morgan fingerprint density at radius 3 is 2.48 bits per heavy atom. The molecule has 2 N–H and O–H groups in total. The predicted octanol–water partition coefficient (Wildman–Crippen LogP) is 3.98. The second kappa shape index (κ2) is 8.18. The predicted molar refractivity (Wildman–Crippen MR) is 114 cm³/mol. The van der Waals surface area contributed by atoms with Gasteiger partial charge in [0.25, 0.3) is 5.91 Å². The highest BCUT2D eigenvalue weighted by atomic mass is 35.5. The number of halogens is 1. The van der Waals surface area contributed by atoms with Crippen molar-refractivity contribution in [1.29, 1.82) is 5.26 Å². The lowest BCUT2D eigenvalue weighted by Gasteiger charge is -2.32. The molecule has 1 fully saturated rings. The van der Waals surface area contributed by atoms with Gasteiger partial charge in [-0.1, -0.05) is 35.9 Å². The largest absolute Gasteiger partial charge is 0.363 e. The first-order chi connectivity index (χ1) is 14.0. The highest BCUT2D eigenvalue weighted by molar-refractivity contribution is 6.32. The Hall–Kier alpha value is -2.97. The molecule has 6 heteroatoms. The maximum absolute atomic E-state index is 13.0. The Balaban J connectivity index is 1.43. The Morgan fingerprint density at radius 2 is 1.86 bits per heavy atom. The molecule has 4 rings (SSSR count). The van der Waals surface area contributed by atoms with Crippen molar-refractivity contribution >= 4 is 23.2 Å². The first-order valence-electron chi connectivity index (χ1n) is 9.88. The average Bonchev–Trinajstić information content (AvgIpc) is 3.11. The number of carbonyl (C=O) groups is 1. The van der Waals surface area contributed by atoms with Gasteiger partial charge in [-0.3, -0.25) is 4.79 Å². The summed E-state index contributed by atoms with van der Waals surface area (Å²) < 4.78 is 0. The van der Waals surface area contributed by atoms with Gasteiger partial charge in [0.05, 0.1) is 23.5 Å². The number of piperidine rings is 1. The molecular weight excluding hydrogens is 384 g/mol. The number of nitrogens with zero attached hydrogens (tertiary/aromatic N) is 2. The van der Waals surface area contributed by atoms with Crippen LogP contribution in [0, 0.1) is 11.3 Å². The molecule has 2 aliphatic heterocycles. The van der Waals surface area contributed by atoms with Gasteiger partial charge in [-0.15, -0.1) is 0 Å². The molecule has 0 aromatic heterocycles. The fourth-order valence-corrected chi connectivity index (χ4v) is 4.35. The van der Waals surface area contributed by atoms with E-state index in [2.05, 4.69) is 16.7 Å². The molecule has 0 spiro atoms. The summed E-state index contributed by atoms with van der Waals surface area (Å²) in [6.07, 6.45) is 1.92. The summed E-state index contributed by atoms with van der Waals surface area (Å²) in [4.78, 5) is 15.0. The average molecular weight is 407 g/mol. The van der Waals surface area contributed by atoms with Crippen molar-refractivity contribution in [1.82, 2.24) is 15.5 Å². The van der Waals surface area contributed by atoms with Crippen molar-refractivity contribution in [2.24, 2.45) is 0 Å². The van der Waals surface area contributed by atoms with Crippen LogP contribution in [0.15, 0.2) is 53.7 Å². The van der Waals surface area contributed by atoms with Gasteiger partial charge in [0.15, 0.2) is 0 Å². The monoisotopic (exact) mass is 406 g/mol. The van der Waals surface area contributed by atoms with E-state index in [1.165, 1.54) is 5.56 Å². The maximum Gasteiger partial charge on any atom is 0.253 e. The van der Waals surface area contributed by atoms with Crippen LogP contribution >= 0.6 is 11.6 Å². The summed E-state index contributed by atoms with van der Waals surface area (Å²) in [6, 6.07) is 17.6. The third-order valence-electron chi connectivity index (χ3n) is 5.62. The lowest BCUT2D eigenvalue weighted by molar-refractivity contribution is 0.0713. The number of hydrogen-bond donors (Lipinski definition) is 2. The molecule has 29 heavy (non-hydrogen) atoms. The zero-order valence-corrected chi connectivity index (χ0v) is 17.0. The molecule has 1 amide bonds. The van der Waals surface area contributed by atoms with E-state index in [1.54, 1.807) is 0 Å². The number of amides is 1. The molecule has 0 saturated carbocycles. The molecule has 1 unspecified atom stereocenters. The van der Waals surface area contributed by atoms with Crippen molar-refractivity contribution < 1.29 is 4.79 Å². The number of carbonyl (C=O) groups excluding carboxylic acids is 1. The highest BCUT2D eigenvalue weighted by Gasteiger charge is 2.25. The van der Waals surface area contributed by atoms with Crippen LogP contribution in [0.4, 0.5) is 0 Å². The van der Waals surface area contributed by atoms with Crippen LogP contribution in [0.2, 0.25) is 0 Å². The van der Waals surface area contributed by atoms with Gasteiger partial charge in [0.2, 0.25) is 0 Å². The first-order valence-corrected chi connectivity index (χ1v) is 10.3. The van der Waals surface area contributed by atoms with E-state index in [1.807, 2.05) is 60.4 Å². The standard InChI is InChI=1S/C23H23ClN4O/c1-15-26-21(22(24)27-15)19-3-2-4-20(13-19)23(29)28-11-9-18(10-12-28)17-7-5-16(14-25)6-8-17/h2-8,13,15,18,26-27H,9-12H2,1H3. The van der Waals surface area contributed by atoms with E-state index in [4.69, 9.17) is 16.9 Å². The molecule has 0 bridgehead atoms. The quantitative estimate of drug-likeness (QED) is 0.756. The normalized spacial score (nSPS) is 19.5. The lowest BCUT2D eigenvalue weighted by atomic mass is 9.89. The Morgan fingerprint density at radius 1 is 1.14 bits per heavy atom. The number of nitrogens with one attached hydrogen (secondary N) is 2. The van der Waals surface area contributed by atoms with Gasteiger partial charge in [-0.05, 0) is 55.5 Å². The fourth-order valence-electron chi connectivity index (χ4n) is 4.02. The third kappa shape index (κ3) is 4.08. The smallest absolute Gasteiger partial charge is 0.253 e. The van der Waals surface area contributed by atoms with Crippen LogP contribution in [0.5, 0.6) is 0 Å². The zero-order chi connectivity index (χ0) is 20.4. The number of nitriles is 1. The van der Waals surface area contributed by atoms with Gasteiger partial charge in [0, 0.05) is 24.2 Å². The maximum atomic E-state index is 13.0. The van der Waals surface area contributed by atoms with Gasteiger partial charge in [-0.2, -0.15) is 5.26 Å². The summed E-state index contributed by atoms with van der Waals surface area (Å²) in [5, 5.41) is 15.9. The summed E-state index contributed by atoms with van der Waals surface area (Å²) >= 11 is 6.27. The molecule has 2 aliphatic rings. The molecule has 0 radical (unpaired) electrons. The highest BCUT2D eigenvalue weighted by Crippen LogP contribution is 2.29. The van der Waals surface area contributed by atoms with Gasteiger partial charge < -0.3 is 15.5 Å². The number of rotatable bonds is 3.